The predicted molar refractivity (Wildman–Crippen MR) is 418 cm³/mol. The van der Waals surface area contributed by atoms with Gasteiger partial charge in [-0.1, -0.05) is 0 Å². The van der Waals surface area contributed by atoms with E-state index in [1.165, 1.54) is 18.5 Å². The zero-order chi connectivity index (χ0) is 78.0. The smallest absolute Gasteiger partial charge is 0.345 e. The quantitative estimate of drug-likeness (QED) is 0.0400. The molecule has 572 valence electrons. The number of methoxy groups -OCH3 is 2. The van der Waals surface area contributed by atoms with Crippen LogP contribution in [-0.2, 0) is 62.3 Å². The van der Waals surface area contributed by atoms with Gasteiger partial charge in [-0.2, -0.15) is 0 Å². The third kappa shape index (κ3) is 15.7. The Hall–Kier alpha value is -11.0. The number of rotatable bonds is 16. The van der Waals surface area contributed by atoms with Crippen LogP contribution in [0.25, 0.3) is 66.8 Å². The first-order valence-electron chi connectivity index (χ1n) is 35.5. The van der Waals surface area contributed by atoms with E-state index in [0.29, 0.717) is 82.6 Å². The second kappa shape index (κ2) is 32.8. The molecule has 0 aliphatic carbocycles. The molecule has 4 aromatic carbocycles. The molecule has 0 bridgehead atoms. The van der Waals surface area contributed by atoms with E-state index in [-0.39, 0.29) is 43.2 Å². The molecule has 0 amide bonds. The van der Waals surface area contributed by atoms with Gasteiger partial charge in [0.15, 0.2) is 11.1 Å². The van der Waals surface area contributed by atoms with Crippen LogP contribution in [-0.4, -0.2) is 176 Å². The number of anilines is 2. The first-order chi connectivity index (χ1) is 52.2. The number of aromatic amines is 4. The molecule has 5 aliphatic rings. The van der Waals surface area contributed by atoms with E-state index < -0.39 is 68.7 Å². The Bertz CT molecular complexity index is 5530. The number of nitrogens with one attached hydrogen (secondary N) is 6. The van der Waals surface area contributed by atoms with Crippen LogP contribution in [0.4, 0.5) is 11.4 Å². The number of H-pyrrole nitrogens is 4. The lowest BCUT2D eigenvalue weighted by Gasteiger charge is -2.20. The summed E-state index contributed by atoms with van der Waals surface area (Å²) in [7, 11) is 11.3. The van der Waals surface area contributed by atoms with Crippen molar-refractivity contribution in [3.8, 4) is 68.0 Å². The molecule has 10 aromatic rings. The molecule has 28 nitrogen and oxygen atoms in total. The zero-order valence-electron chi connectivity index (χ0n) is 61.7. The topological polar surface area (TPSA) is 398 Å². The van der Waals surface area contributed by atoms with E-state index in [4.69, 9.17) is 18.9 Å². The summed E-state index contributed by atoms with van der Waals surface area (Å²) in [6.45, 7) is 11.5. The number of carboxylic acid groups (broad SMARTS) is 4. The molecule has 5 aliphatic heterocycles. The number of thioether (sulfide) groups is 2. The number of ether oxygens (including phenoxy) is 4. The molecule has 1 fully saturated rings. The summed E-state index contributed by atoms with van der Waals surface area (Å²) in [5.74, 6) is -3.43. The third-order valence-corrected chi connectivity index (χ3v) is 22.5. The summed E-state index contributed by atoms with van der Waals surface area (Å²) in [5.41, 5.74) is 11.3. The number of hydrogen-bond acceptors (Lipinski definition) is 20. The fourth-order valence-corrected chi connectivity index (χ4v) is 16.8. The van der Waals surface area contributed by atoms with E-state index in [9.17, 15) is 69.0 Å². The first-order valence-corrected chi connectivity index (χ1v) is 37.5. The van der Waals surface area contributed by atoms with Gasteiger partial charge in [0.2, 0.25) is 0 Å². The SMILES string of the molecule is COCC(C)NCc1cc2cc3c(cc2n1C)OCCc1c-3[nH]c(=O)c(C(=O)O)c1O.COCCNCc1cc2cc3c(cc2n1C)OCCc1c-3[nH]c(=O)c(C(=O)O)c1O.Cc1c2c([nH]c(=O)c1C(=O)O)-c1ccc(N(C)C)cc1SCC2.Cc1c2c([nH]c(=O)c1C(=O)O)-c1ccc(N3CCCC3)cc1SCC2. The number of aromatic carboxylic acids is 4. The average Bonchev–Trinajstić information content (AvgIpc) is 1.70. The number of carbonyl (C=O) groups is 4. The van der Waals surface area contributed by atoms with E-state index in [2.05, 4.69) is 74.9 Å². The molecule has 109 heavy (non-hydrogen) atoms. The predicted octanol–water partition coefficient (Wildman–Crippen LogP) is 9.66. The standard InChI is InChI=1S/C22H25N3O6.C21H23N3O6.C19H20N2O3S.C17H18N2O3S/c1-11(10-30-3)23-9-13-6-12-7-15-17(8-16(12)25(13)2)31-5-4-14-19(15)24-21(27)18(20(14)26)22(28)29;1-24-12(10-22-4-6-29-2)7-11-8-14-16(9-15(11)24)30-5-3-13-18(14)23-20(26)17(19(13)25)21(27)28;1-11-13-6-9-25-15-10-12(21-7-2-3-8-21)4-5-14(15)17(13)20-18(22)16(11)19(23)24;1-9-11-6-7-23-13-8-10(19(2)3)4-5-12(13)15(11)18-16(20)14(9)17(21)22/h6-8,11,23H,4-5,9-10H2,1-3H3,(H,28,29)(H2,24,26,27);7-9,22H,3-6,10H2,1-2H3,(H,27,28)(H2,23,25,26);4-5,10H,2-3,6-9H2,1H3,(H,20,22)(H,23,24);4-5,8H,6-7H2,1-3H3,(H,18,20)(H,21,22). The molecule has 1 atom stereocenters. The van der Waals surface area contributed by atoms with Crippen LogP contribution in [0, 0.1) is 13.8 Å². The number of pyridine rings is 4. The Kier molecular flexibility index (Phi) is 23.4. The van der Waals surface area contributed by atoms with Gasteiger partial charge in [0, 0.05) is 194 Å². The lowest BCUT2D eigenvalue weighted by Crippen LogP contribution is -2.30. The van der Waals surface area contributed by atoms with E-state index in [0.717, 1.165) is 126 Å². The summed E-state index contributed by atoms with van der Waals surface area (Å²) in [5, 5.41) is 66.7. The highest BCUT2D eigenvalue weighted by molar-refractivity contribution is 7.99. The van der Waals surface area contributed by atoms with Crippen molar-refractivity contribution in [1.82, 2.24) is 39.7 Å². The van der Waals surface area contributed by atoms with Crippen LogP contribution in [0.1, 0.15) is 106 Å². The van der Waals surface area contributed by atoms with Crippen molar-refractivity contribution < 1.29 is 68.8 Å². The minimum atomic E-state index is -1.47. The largest absolute Gasteiger partial charge is 0.506 e. The highest BCUT2D eigenvalue weighted by Crippen LogP contribution is 2.45. The van der Waals surface area contributed by atoms with Gasteiger partial charge in [0.25, 0.3) is 22.2 Å². The Morgan fingerprint density at radius 1 is 0.560 bits per heavy atom. The van der Waals surface area contributed by atoms with Crippen LogP contribution in [0.3, 0.4) is 0 Å². The molecule has 1 saturated heterocycles. The Labute approximate surface area is 633 Å². The third-order valence-electron chi connectivity index (χ3n) is 20.4. The molecular formula is C79H86N10O18S2. The second-order valence-electron chi connectivity index (χ2n) is 27.4. The molecule has 6 aromatic heterocycles. The summed E-state index contributed by atoms with van der Waals surface area (Å²) in [6, 6.07) is 24.4. The van der Waals surface area contributed by atoms with Crippen molar-refractivity contribution in [3.63, 3.8) is 0 Å². The van der Waals surface area contributed by atoms with Crippen LogP contribution in [0.15, 0.2) is 102 Å². The highest BCUT2D eigenvalue weighted by atomic mass is 32.2. The molecule has 11 heterocycles. The number of benzene rings is 4. The van der Waals surface area contributed by atoms with Gasteiger partial charge in [-0.25, -0.2) is 19.2 Å². The van der Waals surface area contributed by atoms with Gasteiger partial charge in [-0.05, 0) is 129 Å². The molecule has 1 unspecified atom stereocenters. The van der Waals surface area contributed by atoms with Crippen molar-refractivity contribution in [3.05, 3.63) is 181 Å². The number of aromatic hydroxyl groups is 2. The van der Waals surface area contributed by atoms with Crippen molar-refractivity contribution in [2.75, 3.05) is 95.7 Å². The first kappa shape index (κ1) is 77.6. The number of nitrogens with zero attached hydrogens (tertiary/aromatic N) is 4. The van der Waals surface area contributed by atoms with Crippen molar-refractivity contribution in [2.45, 2.75) is 88.2 Å². The molecule has 12 N–H and O–H groups in total. The fraction of sp³-hybridized carbons (Fsp3) is 0.342. The van der Waals surface area contributed by atoms with Crippen molar-refractivity contribution in [1.29, 1.82) is 0 Å². The highest BCUT2D eigenvalue weighted by Gasteiger charge is 2.31. The number of aryl methyl sites for hydroxylation is 2. The van der Waals surface area contributed by atoms with E-state index >= 15 is 0 Å². The Morgan fingerprint density at radius 2 is 1.00 bits per heavy atom. The molecule has 0 radical (unpaired) electrons. The normalized spacial score (nSPS) is 14.0. The van der Waals surface area contributed by atoms with Gasteiger partial charge >= 0.3 is 23.9 Å². The van der Waals surface area contributed by atoms with Crippen LogP contribution in [0.2, 0.25) is 0 Å². The maximum Gasteiger partial charge on any atom is 0.345 e. The number of aromatic nitrogens is 6. The van der Waals surface area contributed by atoms with Gasteiger partial charge in [0.05, 0.1) is 60.2 Å². The van der Waals surface area contributed by atoms with Gasteiger partial charge < -0.3 is 99.1 Å². The maximum atomic E-state index is 12.3. The zero-order valence-corrected chi connectivity index (χ0v) is 63.3. The van der Waals surface area contributed by atoms with Gasteiger partial charge in [-0.3, -0.25) is 19.2 Å². The number of carboxylic acids is 4. The molecular weight excluding hydrogens is 1440 g/mol. The van der Waals surface area contributed by atoms with Gasteiger partial charge in [0.1, 0.15) is 34.1 Å². The summed E-state index contributed by atoms with van der Waals surface area (Å²) in [4.78, 5) is 112. The van der Waals surface area contributed by atoms with Crippen molar-refractivity contribution in [2.24, 2.45) is 14.1 Å². The van der Waals surface area contributed by atoms with E-state index in [1.54, 1.807) is 51.6 Å². The molecule has 0 saturated carbocycles. The summed E-state index contributed by atoms with van der Waals surface area (Å²) >= 11 is 3.50. The lowest BCUT2D eigenvalue weighted by atomic mass is 9.96. The minimum Gasteiger partial charge on any atom is -0.506 e. The summed E-state index contributed by atoms with van der Waals surface area (Å²) in [6.07, 6.45) is 4.49. The molecule has 0 spiro atoms. The minimum absolute atomic E-state index is 0.138. The van der Waals surface area contributed by atoms with Gasteiger partial charge in [-0.15, -0.1) is 23.5 Å². The Balaban J connectivity index is 0.000000136. The lowest BCUT2D eigenvalue weighted by molar-refractivity contribution is 0.0680. The van der Waals surface area contributed by atoms with Crippen LogP contribution in [0.5, 0.6) is 23.0 Å². The van der Waals surface area contributed by atoms with E-state index in [1.807, 2.05) is 82.5 Å². The monoisotopic (exact) mass is 1530 g/mol. The second-order valence-corrected chi connectivity index (χ2v) is 29.6. The maximum absolute atomic E-state index is 12.3. The van der Waals surface area contributed by atoms with Crippen LogP contribution < -0.4 is 52.1 Å². The molecule has 15 rings (SSSR count). The summed E-state index contributed by atoms with van der Waals surface area (Å²) < 4.78 is 26.1. The fourth-order valence-electron chi connectivity index (χ4n) is 14.7. The number of hydrogen-bond donors (Lipinski definition) is 12. The number of fused-ring (bicyclic) bond motifs is 14. The Morgan fingerprint density at radius 3 is 1.45 bits per heavy atom. The van der Waals surface area contributed by atoms with Crippen LogP contribution >= 0.6 is 23.5 Å². The average molecular weight is 1530 g/mol. The van der Waals surface area contributed by atoms with Crippen molar-refractivity contribution >= 4 is 80.6 Å². The molecule has 30 heteroatoms.